The summed E-state index contributed by atoms with van der Waals surface area (Å²) < 4.78 is 33.2. The van der Waals surface area contributed by atoms with E-state index < -0.39 is 18.4 Å². The van der Waals surface area contributed by atoms with Crippen molar-refractivity contribution in [1.29, 1.82) is 0 Å². The molecule has 0 aromatic rings. The second-order valence-corrected chi connectivity index (χ2v) is 9.43. The van der Waals surface area contributed by atoms with Crippen LogP contribution in [-0.4, -0.2) is 91.2 Å². The number of carbonyl (C=O) groups excluding carboxylic acids is 2. The van der Waals surface area contributed by atoms with E-state index in [2.05, 4.69) is 21.1 Å². The minimum Gasteiger partial charge on any atom is -0.381 e. The summed E-state index contributed by atoms with van der Waals surface area (Å²) in [5, 5.41) is 8.37. The highest BCUT2D eigenvalue weighted by Gasteiger charge is 2.48. The summed E-state index contributed by atoms with van der Waals surface area (Å²) in [5.41, 5.74) is 3.34. The molecule has 0 bridgehead atoms. The summed E-state index contributed by atoms with van der Waals surface area (Å²) in [4.78, 5) is 27.3. The summed E-state index contributed by atoms with van der Waals surface area (Å²) in [6.07, 6.45) is -0.260. The van der Waals surface area contributed by atoms with Gasteiger partial charge in [-0.05, 0) is 19.3 Å². The van der Waals surface area contributed by atoms with Crippen molar-refractivity contribution in [2.45, 2.75) is 68.7 Å². The maximum absolute atomic E-state index is 14.2. The van der Waals surface area contributed by atoms with E-state index in [1.165, 1.54) is 0 Å². The highest BCUT2D eigenvalue weighted by molar-refractivity contribution is 5.82. The number of ether oxygens (including phenoxy) is 1. The van der Waals surface area contributed by atoms with Crippen LogP contribution in [0.1, 0.15) is 32.1 Å². The highest BCUT2D eigenvalue weighted by Crippen LogP contribution is 2.37. The number of halogens is 2. The molecule has 5 aliphatic rings. The third kappa shape index (κ3) is 3.94. The highest BCUT2D eigenvalue weighted by atomic mass is 19.1. The maximum Gasteiger partial charge on any atom is 0.239 e. The first kappa shape index (κ1) is 20.5. The van der Waals surface area contributed by atoms with Crippen LogP contribution in [0.2, 0.25) is 0 Å². The lowest BCUT2D eigenvalue weighted by atomic mass is 9.82. The van der Waals surface area contributed by atoms with Crippen LogP contribution in [0, 0.1) is 11.8 Å². The Morgan fingerprint density at radius 3 is 2.77 bits per heavy atom. The van der Waals surface area contributed by atoms with E-state index in [1.807, 2.05) is 4.90 Å². The van der Waals surface area contributed by atoms with Crippen LogP contribution in [0.4, 0.5) is 8.78 Å². The lowest BCUT2D eigenvalue weighted by Gasteiger charge is -2.38. The summed E-state index contributed by atoms with van der Waals surface area (Å²) in [5.74, 6) is -0.341. The topological polar surface area (TPSA) is 85.9 Å². The summed E-state index contributed by atoms with van der Waals surface area (Å²) in [6.45, 7) is 2.94. The normalized spacial score (nSPS) is 44.0. The van der Waals surface area contributed by atoms with E-state index >= 15 is 0 Å². The minimum absolute atomic E-state index is 0.0118. The molecule has 8 nitrogen and oxygen atoms in total. The van der Waals surface area contributed by atoms with E-state index in [4.69, 9.17) is 4.74 Å². The van der Waals surface area contributed by atoms with Crippen molar-refractivity contribution >= 4 is 11.8 Å². The molecule has 8 unspecified atom stereocenters. The number of fused-ring (bicyclic) bond motifs is 2. The zero-order chi connectivity index (χ0) is 20.8. The van der Waals surface area contributed by atoms with Crippen LogP contribution in [0.5, 0.6) is 0 Å². The lowest BCUT2D eigenvalue weighted by molar-refractivity contribution is -0.136. The Bertz CT molecular complexity index is 679. The fourth-order valence-corrected chi connectivity index (χ4v) is 5.79. The van der Waals surface area contributed by atoms with E-state index in [-0.39, 0.29) is 48.3 Å². The van der Waals surface area contributed by atoms with Crippen LogP contribution >= 0.6 is 0 Å². The molecule has 1 saturated carbocycles. The van der Waals surface area contributed by atoms with Crippen LogP contribution in [-0.2, 0) is 14.3 Å². The second-order valence-electron chi connectivity index (χ2n) is 9.43. The number of hydrazine groups is 1. The van der Waals surface area contributed by atoms with Gasteiger partial charge in [0.05, 0.1) is 24.7 Å². The smallest absolute Gasteiger partial charge is 0.239 e. The third-order valence-corrected chi connectivity index (χ3v) is 7.43. The number of hydrogen-bond acceptors (Lipinski definition) is 6. The summed E-state index contributed by atoms with van der Waals surface area (Å²) in [6, 6.07) is -0.547. The molecule has 0 aromatic heterocycles. The molecule has 4 saturated heterocycles. The van der Waals surface area contributed by atoms with Crippen LogP contribution in [0.3, 0.4) is 0 Å². The molecule has 0 spiro atoms. The average Bonchev–Trinajstić information content (AvgIpc) is 3.45. The third-order valence-electron chi connectivity index (χ3n) is 7.43. The summed E-state index contributed by atoms with van der Waals surface area (Å²) >= 11 is 0. The Morgan fingerprint density at radius 2 is 1.97 bits per heavy atom. The molecule has 5 fully saturated rings. The Balaban J connectivity index is 1.14. The van der Waals surface area contributed by atoms with Gasteiger partial charge in [-0.25, -0.2) is 19.2 Å². The van der Waals surface area contributed by atoms with Crippen molar-refractivity contribution in [3.05, 3.63) is 0 Å². The van der Waals surface area contributed by atoms with Crippen molar-refractivity contribution < 1.29 is 23.1 Å². The second kappa shape index (κ2) is 8.29. The van der Waals surface area contributed by atoms with Crippen molar-refractivity contribution in [2.75, 3.05) is 32.8 Å². The molecular formula is C20H31F2N5O3. The van der Waals surface area contributed by atoms with E-state index in [9.17, 15) is 18.4 Å². The van der Waals surface area contributed by atoms with Crippen molar-refractivity contribution in [2.24, 2.45) is 11.8 Å². The van der Waals surface area contributed by atoms with Gasteiger partial charge in [-0.15, -0.1) is 0 Å². The minimum atomic E-state index is -1.17. The molecule has 10 heteroatoms. The molecule has 2 amide bonds. The number of hydrogen-bond donors (Lipinski definition) is 3. The lowest BCUT2D eigenvalue weighted by Crippen LogP contribution is -2.58. The van der Waals surface area contributed by atoms with Crippen LogP contribution in [0.15, 0.2) is 0 Å². The Labute approximate surface area is 175 Å². The molecule has 5 rings (SSSR count). The quantitative estimate of drug-likeness (QED) is 0.574. The number of piperazine rings is 1. The first-order chi connectivity index (χ1) is 14.5. The van der Waals surface area contributed by atoms with Crippen molar-refractivity contribution in [3.63, 3.8) is 0 Å². The number of amides is 2. The van der Waals surface area contributed by atoms with Gasteiger partial charge in [0.1, 0.15) is 12.3 Å². The van der Waals surface area contributed by atoms with Crippen molar-refractivity contribution in [3.8, 4) is 0 Å². The molecule has 8 atom stereocenters. The zero-order valence-electron chi connectivity index (χ0n) is 17.1. The van der Waals surface area contributed by atoms with Gasteiger partial charge in [-0.3, -0.25) is 9.59 Å². The Hall–Kier alpha value is -1.36. The zero-order valence-corrected chi connectivity index (χ0v) is 17.1. The van der Waals surface area contributed by atoms with E-state index in [0.29, 0.717) is 45.7 Å². The monoisotopic (exact) mass is 427 g/mol. The van der Waals surface area contributed by atoms with Gasteiger partial charge < -0.3 is 20.3 Å². The van der Waals surface area contributed by atoms with Gasteiger partial charge in [0.15, 0.2) is 0 Å². The fraction of sp³-hybridized carbons (Fsp3) is 0.900. The van der Waals surface area contributed by atoms with Gasteiger partial charge in [0, 0.05) is 57.1 Å². The number of nitrogens with one attached hydrogen (secondary N) is 3. The number of rotatable bonds is 3. The summed E-state index contributed by atoms with van der Waals surface area (Å²) in [7, 11) is 0. The van der Waals surface area contributed by atoms with Gasteiger partial charge >= 0.3 is 0 Å². The standard InChI is InChI=1S/C20H31F2N5O3/c21-12-5-15(22)14-8-17(23-16(14)6-12)20(29)26-2-3-27-13(9-26)7-18(25-27)24-19(28)11-1-4-30-10-11/h11-18,23,25H,1-10H2,(H,24,28). The molecule has 0 radical (unpaired) electrons. The number of alkyl halides is 2. The molecule has 4 aliphatic heterocycles. The molecule has 1 aliphatic carbocycles. The van der Waals surface area contributed by atoms with Crippen LogP contribution in [0.25, 0.3) is 0 Å². The van der Waals surface area contributed by atoms with Gasteiger partial charge in [-0.2, -0.15) is 0 Å². The molecular weight excluding hydrogens is 396 g/mol. The molecule has 0 aromatic carbocycles. The Morgan fingerprint density at radius 1 is 1.10 bits per heavy atom. The van der Waals surface area contributed by atoms with Gasteiger partial charge in [0.2, 0.25) is 11.8 Å². The number of carbonyl (C=O) groups is 2. The maximum atomic E-state index is 14.2. The SMILES string of the molecule is O=C(NC1CC2CN(C(=O)C3CC4C(F)CC(F)CC4N3)CCN2N1)C1CCOC1. The largest absolute Gasteiger partial charge is 0.381 e. The molecule has 4 heterocycles. The molecule has 3 N–H and O–H groups in total. The van der Waals surface area contributed by atoms with Gasteiger partial charge in [0.25, 0.3) is 0 Å². The molecule has 168 valence electrons. The van der Waals surface area contributed by atoms with Gasteiger partial charge in [-0.1, -0.05) is 0 Å². The predicted octanol–water partition coefficient (Wildman–Crippen LogP) is -0.297. The van der Waals surface area contributed by atoms with Crippen LogP contribution < -0.4 is 16.1 Å². The Kier molecular flexibility index (Phi) is 5.68. The number of nitrogens with zero attached hydrogens (tertiary/aromatic N) is 2. The van der Waals surface area contributed by atoms with E-state index in [0.717, 1.165) is 12.8 Å². The predicted molar refractivity (Wildman–Crippen MR) is 104 cm³/mol. The van der Waals surface area contributed by atoms with Crippen molar-refractivity contribution in [1.82, 2.24) is 26.0 Å². The first-order valence-corrected chi connectivity index (χ1v) is 11.2. The average molecular weight is 427 g/mol. The first-order valence-electron chi connectivity index (χ1n) is 11.2. The fourth-order valence-electron chi connectivity index (χ4n) is 5.79. The van der Waals surface area contributed by atoms with E-state index in [1.54, 1.807) is 0 Å². The molecule has 30 heavy (non-hydrogen) atoms.